The van der Waals surface area contributed by atoms with Crippen LogP contribution in [-0.2, 0) is 15.8 Å². The fourth-order valence-corrected chi connectivity index (χ4v) is 3.84. The van der Waals surface area contributed by atoms with Gasteiger partial charge in [0, 0.05) is 12.1 Å². The van der Waals surface area contributed by atoms with Gasteiger partial charge in [0.25, 0.3) is 0 Å². The van der Waals surface area contributed by atoms with E-state index in [1.54, 1.807) is 0 Å². The van der Waals surface area contributed by atoms with Crippen LogP contribution >= 0.6 is 0 Å². The molecule has 1 saturated carbocycles. The predicted octanol–water partition coefficient (Wildman–Crippen LogP) is 1.38. The van der Waals surface area contributed by atoms with Gasteiger partial charge in [0.05, 0.1) is 5.75 Å². The van der Waals surface area contributed by atoms with E-state index in [1.165, 1.54) is 0 Å². The van der Waals surface area contributed by atoms with Crippen LogP contribution < -0.4 is 10.5 Å². The smallest absolute Gasteiger partial charge is 0.216 e. The molecule has 4 nitrogen and oxygen atoms in total. The lowest BCUT2D eigenvalue weighted by atomic mass is 9.92. The van der Waals surface area contributed by atoms with Crippen molar-refractivity contribution < 1.29 is 8.42 Å². The molecule has 0 aromatic heterocycles. The minimum absolute atomic E-state index is 0.0249. The van der Waals surface area contributed by atoms with Crippen molar-refractivity contribution in [3.63, 3.8) is 0 Å². The van der Waals surface area contributed by atoms with Gasteiger partial charge < -0.3 is 5.73 Å². The second-order valence-electron chi connectivity index (χ2n) is 4.92. The van der Waals surface area contributed by atoms with Crippen molar-refractivity contribution in [2.24, 2.45) is 5.73 Å². The van der Waals surface area contributed by atoms with Crippen LogP contribution in [0.4, 0.5) is 0 Å². The van der Waals surface area contributed by atoms with E-state index in [-0.39, 0.29) is 17.8 Å². The van der Waals surface area contributed by atoms with Crippen molar-refractivity contribution in [2.45, 2.75) is 43.5 Å². The SMILES string of the molecule is N[C@@H]1CCCC[C@H]1NS(=O)(=O)Cc1ccccc1. The molecule has 0 saturated heterocycles. The third-order valence-electron chi connectivity index (χ3n) is 3.35. The first-order valence-electron chi connectivity index (χ1n) is 6.36. The Balaban J connectivity index is 1.99. The molecule has 1 aliphatic carbocycles. The summed E-state index contributed by atoms with van der Waals surface area (Å²) in [4.78, 5) is 0. The minimum atomic E-state index is -3.30. The molecule has 0 bridgehead atoms. The molecule has 2 rings (SSSR count). The van der Waals surface area contributed by atoms with Crippen LogP contribution in [0.25, 0.3) is 0 Å². The summed E-state index contributed by atoms with van der Waals surface area (Å²) in [5.74, 6) is 0.0249. The Kier molecular flexibility index (Phi) is 4.37. The zero-order valence-electron chi connectivity index (χ0n) is 10.4. The number of sulfonamides is 1. The lowest BCUT2D eigenvalue weighted by Crippen LogP contribution is -2.49. The molecule has 1 aromatic carbocycles. The minimum Gasteiger partial charge on any atom is -0.326 e. The van der Waals surface area contributed by atoms with Gasteiger partial charge in [-0.25, -0.2) is 13.1 Å². The maximum Gasteiger partial charge on any atom is 0.216 e. The molecule has 0 spiro atoms. The van der Waals surface area contributed by atoms with Gasteiger partial charge in [0.1, 0.15) is 0 Å². The highest BCUT2D eigenvalue weighted by Gasteiger charge is 2.26. The second kappa shape index (κ2) is 5.82. The summed E-state index contributed by atoms with van der Waals surface area (Å²) < 4.78 is 26.8. The zero-order valence-corrected chi connectivity index (χ0v) is 11.2. The number of rotatable bonds is 4. The predicted molar refractivity (Wildman–Crippen MR) is 72.4 cm³/mol. The van der Waals surface area contributed by atoms with Gasteiger partial charge in [0.2, 0.25) is 10.0 Å². The van der Waals surface area contributed by atoms with Crippen molar-refractivity contribution in [1.82, 2.24) is 4.72 Å². The highest BCUT2D eigenvalue weighted by molar-refractivity contribution is 7.88. The maximum absolute atomic E-state index is 12.0. The lowest BCUT2D eigenvalue weighted by molar-refractivity contribution is 0.361. The Labute approximate surface area is 109 Å². The first-order valence-corrected chi connectivity index (χ1v) is 8.01. The summed E-state index contributed by atoms with van der Waals surface area (Å²) in [6.45, 7) is 0. The van der Waals surface area contributed by atoms with Gasteiger partial charge in [0.15, 0.2) is 0 Å². The molecule has 0 heterocycles. The molecule has 1 aromatic rings. The molecule has 0 unspecified atom stereocenters. The Hall–Kier alpha value is -0.910. The highest BCUT2D eigenvalue weighted by atomic mass is 32.2. The lowest BCUT2D eigenvalue weighted by Gasteiger charge is -2.29. The summed E-state index contributed by atoms with van der Waals surface area (Å²) >= 11 is 0. The Bertz CT molecular complexity index is 473. The largest absolute Gasteiger partial charge is 0.326 e. The first-order chi connectivity index (χ1) is 8.57. The van der Waals surface area contributed by atoms with E-state index < -0.39 is 10.0 Å². The van der Waals surface area contributed by atoms with Crippen molar-refractivity contribution in [1.29, 1.82) is 0 Å². The standard InChI is InChI=1S/C13H20N2O2S/c14-12-8-4-5-9-13(12)15-18(16,17)10-11-6-2-1-3-7-11/h1-3,6-7,12-13,15H,4-5,8-10,14H2/t12-,13-/m1/s1. The van der Waals surface area contributed by atoms with Crippen LogP contribution in [0.3, 0.4) is 0 Å². The molecule has 3 N–H and O–H groups in total. The van der Waals surface area contributed by atoms with Crippen LogP contribution in [0.1, 0.15) is 31.2 Å². The third-order valence-corrected chi connectivity index (χ3v) is 4.73. The molecule has 0 radical (unpaired) electrons. The highest BCUT2D eigenvalue weighted by Crippen LogP contribution is 2.18. The Morgan fingerprint density at radius 2 is 1.83 bits per heavy atom. The van der Waals surface area contributed by atoms with Gasteiger partial charge in [-0.3, -0.25) is 0 Å². The van der Waals surface area contributed by atoms with E-state index in [0.717, 1.165) is 31.2 Å². The average Bonchev–Trinajstić information content (AvgIpc) is 2.32. The van der Waals surface area contributed by atoms with E-state index in [9.17, 15) is 8.42 Å². The van der Waals surface area contributed by atoms with Gasteiger partial charge >= 0.3 is 0 Å². The summed E-state index contributed by atoms with van der Waals surface area (Å²) in [5.41, 5.74) is 6.75. The fourth-order valence-electron chi connectivity index (χ4n) is 2.37. The fraction of sp³-hybridized carbons (Fsp3) is 0.538. The summed E-state index contributed by atoms with van der Waals surface area (Å²) in [7, 11) is -3.30. The van der Waals surface area contributed by atoms with Crippen LogP contribution in [0, 0.1) is 0 Å². The zero-order chi connectivity index (χ0) is 13.0. The van der Waals surface area contributed by atoms with Crippen LogP contribution in [0.15, 0.2) is 30.3 Å². The quantitative estimate of drug-likeness (QED) is 0.866. The molecule has 0 amide bonds. The molecular weight excluding hydrogens is 248 g/mol. The number of benzene rings is 1. The summed E-state index contributed by atoms with van der Waals surface area (Å²) in [6.07, 6.45) is 3.89. The van der Waals surface area contributed by atoms with E-state index in [4.69, 9.17) is 5.73 Å². The molecule has 2 atom stereocenters. The van der Waals surface area contributed by atoms with Gasteiger partial charge in [-0.05, 0) is 18.4 Å². The van der Waals surface area contributed by atoms with Crippen molar-refractivity contribution in [3.8, 4) is 0 Å². The number of hydrogen-bond donors (Lipinski definition) is 2. The van der Waals surface area contributed by atoms with E-state index in [1.807, 2.05) is 30.3 Å². The van der Waals surface area contributed by atoms with Crippen molar-refractivity contribution >= 4 is 10.0 Å². The Morgan fingerprint density at radius 3 is 2.50 bits per heavy atom. The Morgan fingerprint density at radius 1 is 1.17 bits per heavy atom. The van der Waals surface area contributed by atoms with Crippen molar-refractivity contribution in [2.75, 3.05) is 0 Å². The van der Waals surface area contributed by atoms with Crippen molar-refractivity contribution in [3.05, 3.63) is 35.9 Å². The summed E-state index contributed by atoms with van der Waals surface area (Å²) in [5, 5.41) is 0. The average molecular weight is 268 g/mol. The molecule has 18 heavy (non-hydrogen) atoms. The molecule has 1 aliphatic rings. The van der Waals surface area contributed by atoms with E-state index in [2.05, 4.69) is 4.72 Å². The normalized spacial score (nSPS) is 24.9. The van der Waals surface area contributed by atoms with Crippen LogP contribution in [0.5, 0.6) is 0 Å². The van der Waals surface area contributed by atoms with Crippen LogP contribution in [-0.4, -0.2) is 20.5 Å². The molecule has 1 fully saturated rings. The maximum atomic E-state index is 12.0. The van der Waals surface area contributed by atoms with Gasteiger partial charge in [-0.2, -0.15) is 0 Å². The molecule has 0 aliphatic heterocycles. The summed E-state index contributed by atoms with van der Waals surface area (Å²) in [6, 6.07) is 9.05. The topological polar surface area (TPSA) is 72.2 Å². The molecule has 5 heteroatoms. The second-order valence-corrected chi connectivity index (χ2v) is 6.67. The van der Waals surface area contributed by atoms with Crippen LogP contribution in [0.2, 0.25) is 0 Å². The monoisotopic (exact) mass is 268 g/mol. The molecular formula is C13H20N2O2S. The third kappa shape index (κ3) is 3.80. The number of nitrogens with one attached hydrogen (secondary N) is 1. The molecule has 100 valence electrons. The van der Waals surface area contributed by atoms with E-state index in [0.29, 0.717) is 0 Å². The number of nitrogens with two attached hydrogens (primary N) is 1. The number of hydrogen-bond acceptors (Lipinski definition) is 3. The first kappa shape index (κ1) is 13.5. The van der Waals surface area contributed by atoms with E-state index >= 15 is 0 Å². The van der Waals surface area contributed by atoms with Gasteiger partial charge in [-0.1, -0.05) is 43.2 Å². The van der Waals surface area contributed by atoms with Gasteiger partial charge in [-0.15, -0.1) is 0 Å².